The van der Waals surface area contributed by atoms with E-state index in [1.165, 1.54) is 5.56 Å². The maximum Gasteiger partial charge on any atom is 0.135 e. The summed E-state index contributed by atoms with van der Waals surface area (Å²) in [6.45, 7) is 20.8. The molecule has 3 heterocycles. The second-order valence-electron chi connectivity index (χ2n) is 12.4. The number of hydrogen-bond acceptors (Lipinski definition) is 4. The van der Waals surface area contributed by atoms with Crippen molar-refractivity contribution in [3.05, 3.63) is 127 Å². The molecule has 0 fully saturated rings. The Morgan fingerprint density at radius 1 is 0.867 bits per heavy atom. The molecule has 1 aliphatic heterocycles. The van der Waals surface area contributed by atoms with Crippen LogP contribution in [0.3, 0.4) is 0 Å². The second kappa shape index (κ2) is 11.7. The Kier molecular flexibility index (Phi) is 7.93. The van der Waals surface area contributed by atoms with E-state index in [1.54, 1.807) is 6.07 Å². The third-order valence-electron chi connectivity index (χ3n) is 8.04. The number of para-hydroxylation sites is 3. The zero-order valence-electron chi connectivity index (χ0n) is 25.8. The van der Waals surface area contributed by atoms with Gasteiger partial charge in [0.1, 0.15) is 5.82 Å². The van der Waals surface area contributed by atoms with Crippen LogP contribution in [0, 0.1) is 25.4 Å². The molecule has 0 saturated carbocycles. The molecule has 0 radical (unpaired) electrons. The monoisotopic (exact) mass is 769 g/mol. The Morgan fingerprint density at radius 3 is 2.38 bits per heavy atom. The average Bonchev–Trinajstić information content (AvgIpc) is 3.57. The van der Waals surface area contributed by atoms with Crippen LogP contribution < -0.4 is 14.5 Å². The van der Waals surface area contributed by atoms with Gasteiger partial charge in [0.2, 0.25) is 0 Å². The van der Waals surface area contributed by atoms with Crippen molar-refractivity contribution in [2.24, 2.45) is 0 Å². The van der Waals surface area contributed by atoms with E-state index < -0.39 is 0 Å². The topological polar surface area (TPSA) is 37.9 Å². The van der Waals surface area contributed by atoms with Gasteiger partial charge in [-0.1, -0.05) is 56.6 Å². The van der Waals surface area contributed by atoms with E-state index in [-0.39, 0.29) is 32.5 Å². The van der Waals surface area contributed by atoms with Crippen LogP contribution in [0.15, 0.2) is 91.1 Å². The summed E-state index contributed by atoms with van der Waals surface area (Å²) in [7, 11) is 0. The number of ether oxygens (including phenoxy) is 1. The van der Waals surface area contributed by atoms with Crippen LogP contribution in [0.4, 0.5) is 22.7 Å². The third-order valence-corrected chi connectivity index (χ3v) is 8.04. The van der Waals surface area contributed by atoms with Crippen LogP contribution in [0.5, 0.6) is 11.5 Å². The van der Waals surface area contributed by atoms with Gasteiger partial charge < -0.3 is 19.1 Å². The molecule has 45 heavy (non-hydrogen) atoms. The van der Waals surface area contributed by atoms with Crippen LogP contribution in [0.1, 0.15) is 40.2 Å². The van der Waals surface area contributed by atoms with Gasteiger partial charge in [-0.2, -0.15) is 12.7 Å². The van der Waals surface area contributed by atoms with Gasteiger partial charge in [-0.15, -0.1) is 41.4 Å². The molecule has 0 spiro atoms. The second-order valence-corrected chi connectivity index (χ2v) is 12.4. The first-order valence-corrected chi connectivity index (χ1v) is 14.8. The third kappa shape index (κ3) is 5.47. The summed E-state index contributed by atoms with van der Waals surface area (Å²) in [5.41, 5.74) is 6.47. The maximum absolute atomic E-state index is 7.79. The Balaban J connectivity index is 0.00000357. The maximum atomic E-state index is 7.79. The van der Waals surface area contributed by atoms with Crippen molar-refractivity contribution in [2.45, 2.75) is 46.1 Å². The Bertz CT molecular complexity index is 2080. The van der Waals surface area contributed by atoms with E-state index >= 15 is 0 Å². The van der Waals surface area contributed by atoms with Crippen molar-refractivity contribution >= 4 is 44.6 Å². The zero-order chi connectivity index (χ0) is 30.6. The summed E-state index contributed by atoms with van der Waals surface area (Å²) >= 11 is 0. The molecular formula is C38H32N5OPt-3. The summed E-state index contributed by atoms with van der Waals surface area (Å²) in [6.07, 6.45) is 1.87. The van der Waals surface area contributed by atoms with Gasteiger partial charge >= 0.3 is 0 Å². The summed E-state index contributed by atoms with van der Waals surface area (Å²) in [5, 5.41) is 2.18. The number of anilines is 3. The fourth-order valence-electron chi connectivity index (χ4n) is 5.80. The van der Waals surface area contributed by atoms with Gasteiger partial charge in [0.05, 0.1) is 12.3 Å². The molecule has 6 aromatic rings. The SMILES string of the molecule is [C-]#[N+]c1cc(Oc2[c-]c3c(cc2)c2ccccc2n3-c2cc(C(C)(C)C)ccn2)[c-]c(N2[CH-]N(C(C)C)c3ccccc32)c1.[Pt]. The fourth-order valence-corrected chi connectivity index (χ4v) is 5.80. The van der Waals surface area contributed by atoms with Crippen molar-refractivity contribution in [3.8, 4) is 17.3 Å². The summed E-state index contributed by atoms with van der Waals surface area (Å²) in [6, 6.07) is 35.6. The van der Waals surface area contributed by atoms with Gasteiger partial charge in [-0.25, -0.2) is 4.98 Å². The van der Waals surface area contributed by atoms with Crippen LogP contribution in [-0.4, -0.2) is 15.6 Å². The molecule has 1 aliphatic rings. The van der Waals surface area contributed by atoms with E-state index in [2.05, 4.69) is 121 Å². The number of hydrogen-bond donors (Lipinski definition) is 0. The normalized spacial score (nSPS) is 12.8. The van der Waals surface area contributed by atoms with Crippen molar-refractivity contribution in [1.29, 1.82) is 0 Å². The van der Waals surface area contributed by atoms with Crippen molar-refractivity contribution in [2.75, 3.05) is 9.80 Å². The molecular weight excluding hydrogens is 738 g/mol. The van der Waals surface area contributed by atoms with E-state index in [0.29, 0.717) is 17.2 Å². The predicted octanol–water partition coefficient (Wildman–Crippen LogP) is 9.90. The van der Waals surface area contributed by atoms with Gasteiger partial charge in [-0.05, 0) is 66.6 Å². The average molecular weight is 770 g/mol. The largest absolute Gasteiger partial charge is 0.510 e. The van der Waals surface area contributed by atoms with Crippen molar-refractivity contribution < 1.29 is 25.8 Å². The van der Waals surface area contributed by atoms with Crippen LogP contribution in [0.2, 0.25) is 0 Å². The van der Waals surface area contributed by atoms with Gasteiger partial charge in [0.25, 0.3) is 0 Å². The first-order valence-electron chi connectivity index (χ1n) is 14.8. The standard InChI is InChI=1S/C38H32N5O.Pt/c1-25(2)41-24-42(35-14-10-9-13-34(35)41)28-20-27(39-6)21-30(22-28)44-29-15-16-32-31-11-7-8-12-33(31)43(36(32)23-29)37-19-26(17-18-40-37)38(3,4)5;/h7-21,24-25H,1-5H3;/q-3;. The van der Waals surface area contributed by atoms with E-state index in [4.69, 9.17) is 16.3 Å². The quantitative estimate of drug-likeness (QED) is 0.164. The molecule has 0 saturated heterocycles. The minimum atomic E-state index is -0.0185. The fraction of sp³-hybridized carbons (Fsp3) is 0.184. The van der Waals surface area contributed by atoms with Crippen molar-refractivity contribution in [3.63, 3.8) is 0 Å². The van der Waals surface area contributed by atoms with Crippen LogP contribution in [0.25, 0.3) is 32.5 Å². The zero-order valence-corrected chi connectivity index (χ0v) is 28.0. The van der Waals surface area contributed by atoms with Gasteiger partial charge in [0.15, 0.2) is 0 Å². The molecule has 0 N–H and O–H groups in total. The van der Waals surface area contributed by atoms with E-state index in [0.717, 1.165) is 44.7 Å². The molecule has 4 aromatic carbocycles. The van der Waals surface area contributed by atoms with Gasteiger partial charge in [0, 0.05) is 55.7 Å². The minimum Gasteiger partial charge on any atom is -0.510 e. The molecule has 0 bridgehead atoms. The Labute approximate surface area is 279 Å². The molecule has 6 nitrogen and oxygen atoms in total. The summed E-state index contributed by atoms with van der Waals surface area (Å²) in [4.78, 5) is 12.8. The first kappa shape index (κ1) is 30.4. The summed E-state index contributed by atoms with van der Waals surface area (Å²) < 4.78 is 8.56. The van der Waals surface area contributed by atoms with Crippen LogP contribution in [-0.2, 0) is 26.5 Å². The smallest absolute Gasteiger partial charge is 0.135 e. The molecule has 0 atom stereocenters. The van der Waals surface area contributed by atoms with Crippen LogP contribution >= 0.6 is 0 Å². The molecule has 228 valence electrons. The molecule has 7 rings (SSSR count). The number of nitrogens with zero attached hydrogens (tertiary/aromatic N) is 5. The van der Waals surface area contributed by atoms with Gasteiger partial charge in [-0.3, -0.25) is 4.85 Å². The predicted molar refractivity (Wildman–Crippen MR) is 178 cm³/mol. The Hall–Kier alpha value is -4.59. The minimum absolute atomic E-state index is 0. The number of pyridine rings is 1. The Morgan fingerprint density at radius 2 is 1.62 bits per heavy atom. The number of benzene rings is 4. The van der Waals surface area contributed by atoms with E-state index in [1.807, 2.05) is 36.5 Å². The molecule has 0 amide bonds. The molecule has 0 unspecified atom stereocenters. The molecule has 7 heteroatoms. The molecule has 2 aromatic heterocycles. The van der Waals surface area contributed by atoms with Crippen molar-refractivity contribution in [1.82, 2.24) is 9.55 Å². The first-order chi connectivity index (χ1) is 21.2. The number of rotatable bonds is 5. The number of fused-ring (bicyclic) bond motifs is 4. The molecule has 0 aliphatic carbocycles. The number of aromatic nitrogens is 2. The van der Waals surface area contributed by atoms with E-state index in [9.17, 15) is 0 Å². The summed E-state index contributed by atoms with van der Waals surface area (Å²) in [5.74, 6) is 1.82.